The number of aromatic carboxylic acids is 1. The molecule has 13 nitrogen and oxygen atoms in total. The molecule has 3 aromatic rings. The number of aryl methyl sites for hydroxylation is 1. The minimum Gasteiger partial charge on any atom is -0.477 e. The van der Waals surface area contributed by atoms with E-state index in [-0.39, 0.29) is 28.0 Å². The molecule has 3 heterocycles. The van der Waals surface area contributed by atoms with E-state index in [0.717, 1.165) is 36.4 Å². The number of thiazole rings is 1. The van der Waals surface area contributed by atoms with Crippen molar-refractivity contribution in [3.8, 4) is 0 Å². The van der Waals surface area contributed by atoms with Gasteiger partial charge in [-0.25, -0.2) is 28.3 Å². The highest BCUT2D eigenvalue weighted by Gasteiger charge is 2.20. The molecule has 2 aromatic heterocycles. The van der Waals surface area contributed by atoms with Gasteiger partial charge in [-0.15, -0.1) is 0 Å². The maximum absolute atomic E-state index is 13.1. The molecule has 0 spiro atoms. The summed E-state index contributed by atoms with van der Waals surface area (Å²) in [6.07, 6.45) is 0.959. The Hall–Kier alpha value is -3.66. The van der Waals surface area contributed by atoms with Crippen molar-refractivity contribution in [1.82, 2.24) is 24.8 Å². The molecule has 0 bridgehead atoms. The quantitative estimate of drug-likeness (QED) is 0.291. The van der Waals surface area contributed by atoms with Gasteiger partial charge in [0.05, 0.1) is 22.7 Å². The van der Waals surface area contributed by atoms with Crippen molar-refractivity contribution in [2.24, 2.45) is 5.14 Å². The largest absolute Gasteiger partial charge is 0.477 e. The Kier molecular flexibility index (Phi) is 8.74. The standard InChI is InChI=1S/C24H30N8O5S2/c1-15-21(22(34)35)38-24(27-15)30-23-28-17(13-20(33)32-9-3-8-31(2)10-11-32)12-19(29-23)26-14-16-4-6-18(7-5-16)39(25,36)37/h4-7,12H,3,8-11,13-14H2,1-2H3,(H,34,35)(H2,25,36,37)(H2,26,27,28,29,30). The number of hydrogen-bond acceptors (Lipinski definition) is 11. The molecule has 0 saturated carbocycles. The van der Waals surface area contributed by atoms with Crippen LogP contribution in [0.1, 0.15) is 33.0 Å². The van der Waals surface area contributed by atoms with Gasteiger partial charge in [0.2, 0.25) is 21.9 Å². The fraction of sp³-hybridized carbons (Fsp3) is 0.375. The van der Waals surface area contributed by atoms with Crippen LogP contribution in [-0.2, 0) is 27.8 Å². The van der Waals surface area contributed by atoms with Crippen molar-refractivity contribution >= 4 is 50.1 Å². The minimum atomic E-state index is -3.79. The monoisotopic (exact) mass is 574 g/mol. The molecule has 0 unspecified atom stereocenters. The number of amides is 1. The average Bonchev–Trinajstić information content (AvgIpc) is 3.09. The van der Waals surface area contributed by atoms with Gasteiger partial charge in [-0.3, -0.25) is 10.1 Å². The molecule has 0 aliphatic carbocycles. The third-order valence-electron chi connectivity index (χ3n) is 6.12. The number of primary sulfonamides is 1. The van der Waals surface area contributed by atoms with Crippen molar-refractivity contribution < 1.29 is 23.1 Å². The Morgan fingerprint density at radius 3 is 2.51 bits per heavy atom. The van der Waals surface area contributed by atoms with E-state index in [9.17, 15) is 23.1 Å². The van der Waals surface area contributed by atoms with E-state index in [4.69, 9.17) is 5.14 Å². The number of sulfonamides is 1. The minimum absolute atomic E-state index is 0.0137. The summed E-state index contributed by atoms with van der Waals surface area (Å²) >= 11 is 0.965. The molecule has 1 aromatic carbocycles. The number of carboxylic acids is 1. The number of carbonyl (C=O) groups is 2. The molecule has 0 radical (unpaired) electrons. The first-order valence-corrected chi connectivity index (χ1v) is 14.5. The van der Waals surface area contributed by atoms with E-state index in [1.165, 1.54) is 12.1 Å². The summed E-state index contributed by atoms with van der Waals surface area (Å²) in [5.74, 6) is -0.531. The maximum atomic E-state index is 13.1. The Bertz CT molecular complexity index is 1460. The van der Waals surface area contributed by atoms with E-state index < -0.39 is 16.0 Å². The summed E-state index contributed by atoms with van der Waals surface area (Å²) in [7, 11) is -1.76. The summed E-state index contributed by atoms with van der Waals surface area (Å²) in [6, 6.07) is 7.81. The first kappa shape index (κ1) is 28.4. The number of nitrogens with two attached hydrogens (primary N) is 1. The van der Waals surface area contributed by atoms with Crippen LogP contribution in [0.25, 0.3) is 0 Å². The number of nitrogens with zero attached hydrogens (tertiary/aromatic N) is 5. The van der Waals surface area contributed by atoms with Crippen molar-refractivity contribution in [1.29, 1.82) is 0 Å². The summed E-state index contributed by atoms with van der Waals surface area (Å²) in [6.45, 7) is 4.97. The maximum Gasteiger partial charge on any atom is 0.347 e. The molecule has 1 amide bonds. The molecule has 1 aliphatic heterocycles. The van der Waals surface area contributed by atoms with Gasteiger partial charge in [-0.1, -0.05) is 23.5 Å². The molecular formula is C24H30N8O5S2. The van der Waals surface area contributed by atoms with Crippen LogP contribution in [0, 0.1) is 6.92 Å². The van der Waals surface area contributed by atoms with Gasteiger partial charge >= 0.3 is 5.97 Å². The fourth-order valence-electron chi connectivity index (χ4n) is 4.03. The van der Waals surface area contributed by atoms with Crippen molar-refractivity contribution in [3.05, 3.63) is 52.2 Å². The summed E-state index contributed by atoms with van der Waals surface area (Å²) < 4.78 is 23.0. The SMILES string of the molecule is Cc1nc(Nc2nc(CC(=O)N3CCCN(C)CC3)cc(NCc3ccc(S(N)(=O)=O)cc3)n2)sc1C(=O)O. The van der Waals surface area contributed by atoms with Gasteiger partial charge in [0.1, 0.15) is 10.7 Å². The fourth-order valence-corrected chi connectivity index (χ4v) is 5.35. The van der Waals surface area contributed by atoms with Gasteiger partial charge in [0.25, 0.3) is 0 Å². The van der Waals surface area contributed by atoms with Crippen LogP contribution in [0.15, 0.2) is 35.2 Å². The topological polar surface area (TPSA) is 184 Å². The number of likely N-dealkylation sites (N-methyl/N-ethyl adjacent to an activating group) is 1. The van der Waals surface area contributed by atoms with Crippen molar-refractivity contribution in [2.75, 3.05) is 43.9 Å². The van der Waals surface area contributed by atoms with E-state index >= 15 is 0 Å². The second kappa shape index (κ2) is 12.0. The zero-order valence-electron chi connectivity index (χ0n) is 21.5. The van der Waals surface area contributed by atoms with Crippen LogP contribution < -0.4 is 15.8 Å². The molecule has 39 heavy (non-hydrogen) atoms. The Morgan fingerprint density at radius 2 is 1.85 bits per heavy atom. The molecule has 1 fully saturated rings. The number of hydrogen-bond donors (Lipinski definition) is 4. The highest BCUT2D eigenvalue weighted by Crippen LogP contribution is 2.25. The third kappa shape index (κ3) is 7.69. The van der Waals surface area contributed by atoms with E-state index in [1.807, 2.05) is 11.9 Å². The van der Waals surface area contributed by atoms with Crippen LogP contribution in [0.4, 0.5) is 16.9 Å². The Labute approximate surface area is 230 Å². The molecule has 208 valence electrons. The van der Waals surface area contributed by atoms with Crippen LogP contribution in [0.2, 0.25) is 0 Å². The first-order chi connectivity index (χ1) is 18.5. The normalized spacial score (nSPS) is 14.6. The number of nitrogens with one attached hydrogen (secondary N) is 2. The van der Waals surface area contributed by atoms with Crippen LogP contribution in [-0.4, -0.2) is 83.4 Å². The van der Waals surface area contributed by atoms with Crippen molar-refractivity contribution in [3.63, 3.8) is 0 Å². The molecule has 1 saturated heterocycles. The van der Waals surface area contributed by atoms with Gasteiger partial charge in [0.15, 0.2) is 5.13 Å². The predicted molar refractivity (Wildman–Crippen MR) is 147 cm³/mol. The van der Waals surface area contributed by atoms with E-state index in [2.05, 4.69) is 30.5 Å². The third-order valence-corrected chi connectivity index (χ3v) is 8.11. The van der Waals surface area contributed by atoms with Gasteiger partial charge in [-0.2, -0.15) is 4.98 Å². The average molecular weight is 575 g/mol. The Balaban J connectivity index is 1.55. The zero-order chi connectivity index (χ0) is 28.2. The summed E-state index contributed by atoms with van der Waals surface area (Å²) in [5, 5.41) is 21.0. The second-order valence-electron chi connectivity index (χ2n) is 9.19. The highest BCUT2D eigenvalue weighted by molar-refractivity contribution is 7.89. The van der Waals surface area contributed by atoms with Gasteiger partial charge < -0.3 is 20.2 Å². The van der Waals surface area contributed by atoms with Gasteiger partial charge in [-0.05, 0) is 44.6 Å². The highest BCUT2D eigenvalue weighted by atomic mass is 32.2. The first-order valence-electron chi connectivity index (χ1n) is 12.2. The lowest BCUT2D eigenvalue weighted by Gasteiger charge is -2.20. The van der Waals surface area contributed by atoms with Gasteiger partial charge in [0, 0.05) is 32.2 Å². The zero-order valence-corrected chi connectivity index (χ0v) is 23.2. The molecule has 15 heteroatoms. The van der Waals surface area contributed by atoms with Crippen LogP contribution >= 0.6 is 11.3 Å². The smallest absolute Gasteiger partial charge is 0.347 e. The number of anilines is 3. The number of rotatable bonds is 9. The molecule has 0 atom stereocenters. The lowest BCUT2D eigenvalue weighted by molar-refractivity contribution is -0.130. The Morgan fingerprint density at radius 1 is 1.10 bits per heavy atom. The van der Waals surface area contributed by atoms with E-state index in [0.29, 0.717) is 42.0 Å². The lowest BCUT2D eigenvalue weighted by Crippen LogP contribution is -2.35. The molecular weight excluding hydrogens is 544 g/mol. The predicted octanol–water partition coefficient (Wildman–Crippen LogP) is 1.65. The van der Waals surface area contributed by atoms with E-state index in [1.54, 1.807) is 25.1 Å². The number of carboxylic acid groups (broad SMARTS) is 1. The number of aromatic nitrogens is 3. The van der Waals surface area contributed by atoms with Crippen LogP contribution in [0.3, 0.4) is 0 Å². The number of carbonyl (C=O) groups excluding carboxylic acids is 1. The molecule has 5 N–H and O–H groups in total. The molecule has 1 aliphatic rings. The second-order valence-corrected chi connectivity index (χ2v) is 11.7. The molecule has 4 rings (SSSR count). The van der Waals surface area contributed by atoms with Crippen molar-refractivity contribution in [2.45, 2.75) is 31.2 Å². The summed E-state index contributed by atoms with van der Waals surface area (Å²) in [5.41, 5.74) is 1.63. The van der Waals surface area contributed by atoms with Crippen LogP contribution in [0.5, 0.6) is 0 Å². The lowest BCUT2D eigenvalue weighted by atomic mass is 10.2. The summed E-state index contributed by atoms with van der Waals surface area (Å²) in [4.78, 5) is 41.9. The number of benzene rings is 1.